The summed E-state index contributed by atoms with van der Waals surface area (Å²) in [4.78, 5) is 26.2. The lowest BCUT2D eigenvalue weighted by Gasteiger charge is -2.28. The molecule has 0 unspecified atom stereocenters. The third-order valence-electron chi connectivity index (χ3n) is 4.09. The second-order valence-corrected chi connectivity index (χ2v) is 6.24. The van der Waals surface area contributed by atoms with Crippen molar-refractivity contribution in [2.45, 2.75) is 19.4 Å². The van der Waals surface area contributed by atoms with Crippen LogP contribution in [0.5, 0.6) is 5.75 Å². The monoisotopic (exact) mass is 374 g/mol. The van der Waals surface area contributed by atoms with E-state index >= 15 is 0 Å². The molecule has 0 aliphatic carbocycles. The Bertz CT molecular complexity index is 737. The van der Waals surface area contributed by atoms with Gasteiger partial charge < -0.3 is 15.0 Å². The van der Waals surface area contributed by atoms with Crippen LogP contribution in [0.4, 0.5) is 0 Å². The summed E-state index contributed by atoms with van der Waals surface area (Å²) in [5, 5.41) is 3.03. The number of rotatable bonds is 8. The van der Waals surface area contributed by atoms with Crippen LogP contribution in [0.25, 0.3) is 0 Å². The zero-order valence-corrected chi connectivity index (χ0v) is 15.7. The lowest BCUT2D eigenvalue weighted by Crippen LogP contribution is -2.49. The highest BCUT2D eigenvalue weighted by Gasteiger charge is 2.25. The van der Waals surface area contributed by atoms with E-state index in [1.165, 1.54) is 4.90 Å². The molecule has 2 aromatic carbocycles. The molecule has 0 heterocycles. The van der Waals surface area contributed by atoms with Gasteiger partial charge in [0.2, 0.25) is 5.91 Å². The Kier molecular flexibility index (Phi) is 7.48. The molecule has 1 atom stereocenters. The van der Waals surface area contributed by atoms with Crippen molar-refractivity contribution >= 4 is 23.4 Å². The fraction of sp³-hybridized carbons (Fsp3) is 0.300. The summed E-state index contributed by atoms with van der Waals surface area (Å²) in [6.45, 7) is 1.94. The lowest BCUT2D eigenvalue weighted by molar-refractivity contribution is -0.141. The van der Waals surface area contributed by atoms with E-state index in [1.54, 1.807) is 38.2 Å². The summed E-state index contributed by atoms with van der Waals surface area (Å²) < 4.78 is 5.54. The minimum atomic E-state index is -0.592. The Labute approximate surface area is 158 Å². The van der Waals surface area contributed by atoms with E-state index < -0.39 is 6.04 Å². The molecular weight excluding hydrogens is 352 g/mol. The molecule has 0 aliphatic rings. The van der Waals surface area contributed by atoms with E-state index in [4.69, 9.17) is 16.3 Å². The molecule has 2 aromatic rings. The number of ether oxygens (including phenoxy) is 1. The van der Waals surface area contributed by atoms with Crippen LogP contribution >= 0.6 is 11.6 Å². The van der Waals surface area contributed by atoms with Crippen LogP contribution in [0.1, 0.15) is 12.5 Å². The molecule has 2 amide bonds. The van der Waals surface area contributed by atoms with Crippen molar-refractivity contribution in [2.75, 3.05) is 20.2 Å². The van der Waals surface area contributed by atoms with Crippen LogP contribution in [0.15, 0.2) is 54.6 Å². The van der Waals surface area contributed by atoms with Gasteiger partial charge in [0.05, 0.1) is 5.02 Å². The number of carbonyl (C=O) groups is 2. The fourth-order valence-corrected chi connectivity index (χ4v) is 2.75. The Morgan fingerprint density at radius 3 is 2.42 bits per heavy atom. The van der Waals surface area contributed by atoms with E-state index in [2.05, 4.69) is 5.32 Å². The molecule has 0 saturated heterocycles. The molecule has 26 heavy (non-hydrogen) atoms. The van der Waals surface area contributed by atoms with Crippen molar-refractivity contribution in [3.63, 3.8) is 0 Å². The van der Waals surface area contributed by atoms with Gasteiger partial charge in [-0.3, -0.25) is 9.59 Å². The molecular formula is C20H23ClN2O3. The van der Waals surface area contributed by atoms with Crippen LogP contribution in [-0.2, 0) is 16.0 Å². The van der Waals surface area contributed by atoms with Crippen LogP contribution in [-0.4, -0.2) is 43.0 Å². The minimum absolute atomic E-state index is 0.181. The first-order chi connectivity index (χ1) is 12.5. The van der Waals surface area contributed by atoms with Crippen molar-refractivity contribution in [2.24, 2.45) is 0 Å². The quantitative estimate of drug-likeness (QED) is 0.772. The van der Waals surface area contributed by atoms with Gasteiger partial charge in [-0.15, -0.1) is 0 Å². The van der Waals surface area contributed by atoms with Gasteiger partial charge in [0.25, 0.3) is 5.91 Å². The van der Waals surface area contributed by atoms with Gasteiger partial charge in [0, 0.05) is 13.6 Å². The average molecular weight is 375 g/mol. The van der Waals surface area contributed by atoms with Gasteiger partial charge >= 0.3 is 0 Å². The highest BCUT2D eigenvalue weighted by molar-refractivity contribution is 6.32. The first-order valence-electron chi connectivity index (χ1n) is 8.45. The van der Waals surface area contributed by atoms with Crippen molar-refractivity contribution in [3.8, 4) is 5.75 Å². The second-order valence-electron chi connectivity index (χ2n) is 5.83. The maximum atomic E-state index is 12.7. The van der Waals surface area contributed by atoms with Gasteiger partial charge in [0.1, 0.15) is 11.8 Å². The van der Waals surface area contributed by atoms with E-state index in [0.29, 0.717) is 23.7 Å². The molecule has 0 fully saturated rings. The molecule has 2 rings (SSSR count). The summed E-state index contributed by atoms with van der Waals surface area (Å²) in [5.74, 6) is -0.0424. The third kappa shape index (κ3) is 5.49. The highest BCUT2D eigenvalue weighted by Crippen LogP contribution is 2.23. The lowest BCUT2D eigenvalue weighted by atomic mass is 10.1. The Morgan fingerprint density at radius 2 is 1.77 bits per heavy atom. The average Bonchev–Trinajstić information content (AvgIpc) is 2.67. The number of amides is 2. The topological polar surface area (TPSA) is 58.6 Å². The van der Waals surface area contributed by atoms with Crippen LogP contribution in [0.2, 0.25) is 5.02 Å². The van der Waals surface area contributed by atoms with Crippen LogP contribution in [0, 0.1) is 0 Å². The summed E-state index contributed by atoms with van der Waals surface area (Å²) in [5.41, 5.74) is 1.10. The molecule has 0 bridgehead atoms. The smallest absolute Gasteiger partial charge is 0.261 e. The van der Waals surface area contributed by atoms with E-state index in [1.807, 2.05) is 30.3 Å². The van der Waals surface area contributed by atoms with E-state index in [9.17, 15) is 9.59 Å². The Hall–Kier alpha value is -2.53. The molecule has 0 aliphatic heterocycles. The molecule has 1 N–H and O–H groups in total. The predicted octanol–water partition coefficient (Wildman–Crippen LogP) is 2.92. The number of hydrogen-bond donors (Lipinski definition) is 1. The number of likely N-dealkylation sites (N-methyl/N-ethyl adjacent to an activating group) is 1. The van der Waals surface area contributed by atoms with E-state index in [0.717, 1.165) is 5.56 Å². The molecule has 0 radical (unpaired) electrons. The summed E-state index contributed by atoms with van der Waals surface area (Å²) in [6.07, 6.45) is 0.653. The molecule has 0 saturated carbocycles. The molecule has 138 valence electrons. The van der Waals surface area contributed by atoms with Crippen molar-refractivity contribution < 1.29 is 14.3 Å². The molecule has 0 aromatic heterocycles. The number of benzene rings is 2. The van der Waals surface area contributed by atoms with E-state index in [-0.39, 0.29) is 18.4 Å². The van der Waals surface area contributed by atoms with Gasteiger partial charge in [-0.25, -0.2) is 0 Å². The van der Waals surface area contributed by atoms with Crippen molar-refractivity contribution in [1.82, 2.24) is 10.2 Å². The maximum absolute atomic E-state index is 12.7. The second kappa shape index (κ2) is 9.82. The number of hydrogen-bond acceptors (Lipinski definition) is 3. The van der Waals surface area contributed by atoms with Crippen molar-refractivity contribution in [1.29, 1.82) is 0 Å². The fourth-order valence-electron chi connectivity index (χ4n) is 2.56. The number of halogens is 1. The Balaban J connectivity index is 2.05. The highest BCUT2D eigenvalue weighted by atomic mass is 35.5. The first-order valence-corrected chi connectivity index (χ1v) is 8.83. The van der Waals surface area contributed by atoms with Gasteiger partial charge in [0.15, 0.2) is 6.61 Å². The minimum Gasteiger partial charge on any atom is -0.482 e. The zero-order chi connectivity index (χ0) is 18.9. The van der Waals surface area contributed by atoms with Gasteiger partial charge in [-0.2, -0.15) is 0 Å². The van der Waals surface area contributed by atoms with Crippen LogP contribution in [0.3, 0.4) is 0 Å². The summed E-state index contributed by atoms with van der Waals surface area (Å²) in [6, 6.07) is 16.2. The molecule has 5 nitrogen and oxygen atoms in total. The number of nitrogens with one attached hydrogen (secondary N) is 1. The summed E-state index contributed by atoms with van der Waals surface area (Å²) >= 11 is 6.05. The SMILES string of the molecule is CNC(=O)[C@H](C)N(CCc1ccccc1)C(=O)COc1ccccc1Cl. The normalized spacial score (nSPS) is 11.5. The van der Waals surface area contributed by atoms with Crippen molar-refractivity contribution in [3.05, 3.63) is 65.2 Å². The van der Waals surface area contributed by atoms with Gasteiger partial charge in [-0.1, -0.05) is 54.1 Å². The maximum Gasteiger partial charge on any atom is 0.261 e. The molecule has 6 heteroatoms. The number of para-hydroxylation sites is 1. The summed E-state index contributed by atoms with van der Waals surface area (Å²) in [7, 11) is 1.55. The van der Waals surface area contributed by atoms with Gasteiger partial charge in [-0.05, 0) is 31.0 Å². The first kappa shape index (κ1) is 19.8. The zero-order valence-electron chi connectivity index (χ0n) is 14.9. The standard InChI is InChI=1S/C20H23ClN2O3/c1-15(20(25)22-2)23(13-12-16-8-4-3-5-9-16)19(24)14-26-18-11-7-6-10-17(18)21/h3-11,15H,12-14H2,1-2H3,(H,22,25)/t15-/m0/s1. The Morgan fingerprint density at radius 1 is 1.12 bits per heavy atom. The number of carbonyl (C=O) groups excluding carboxylic acids is 2. The van der Waals surface area contributed by atoms with Crippen LogP contribution < -0.4 is 10.1 Å². The number of nitrogens with zero attached hydrogens (tertiary/aromatic N) is 1. The largest absolute Gasteiger partial charge is 0.482 e. The predicted molar refractivity (Wildman–Crippen MR) is 102 cm³/mol. The third-order valence-corrected chi connectivity index (χ3v) is 4.40. The molecule has 0 spiro atoms.